The molecular formula is C19H17N3O3. The zero-order valence-corrected chi connectivity index (χ0v) is 13.7. The first-order valence-corrected chi connectivity index (χ1v) is 7.77. The molecule has 0 aliphatic heterocycles. The summed E-state index contributed by atoms with van der Waals surface area (Å²) in [5, 5.41) is 5.28. The Bertz CT molecular complexity index is 870. The van der Waals surface area contributed by atoms with Gasteiger partial charge in [0.2, 0.25) is 0 Å². The van der Waals surface area contributed by atoms with Gasteiger partial charge in [-0.05, 0) is 24.6 Å². The van der Waals surface area contributed by atoms with Gasteiger partial charge in [0.25, 0.3) is 11.8 Å². The number of aryl methyl sites for hydroxylation is 1. The van der Waals surface area contributed by atoms with Crippen molar-refractivity contribution in [3.8, 4) is 0 Å². The normalized spacial score (nSPS) is 10.3. The third-order valence-electron chi connectivity index (χ3n) is 3.57. The van der Waals surface area contributed by atoms with Crippen molar-refractivity contribution in [2.45, 2.75) is 13.5 Å². The number of nitrogens with one attached hydrogen (secondary N) is 2. The minimum atomic E-state index is -0.371. The maximum Gasteiger partial charge on any atom is 0.302 e. The van der Waals surface area contributed by atoms with Crippen LogP contribution >= 0.6 is 0 Å². The minimum absolute atomic E-state index is 0.0191. The zero-order valence-electron chi connectivity index (χ0n) is 13.7. The van der Waals surface area contributed by atoms with Crippen LogP contribution in [0, 0.1) is 6.92 Å². The predicted octanol–water partition coefficient (Wildman–Crippen LogP) is 3.17. The molecule has 2 N–H and O–H groups in total. The standard InChI is InChI=1S/C19H17N3O3/c1-13-7-9-14(10-8-13)11-20-18(24)16-12-25-19(21-16)22-17(23)15-5-3-2-4-6-15/h2-10,12H,11H2,1H3,(H,20,24)(H,21,22,23). The first-order valence-electron chi connectivity index (χ1n) is 7.77. The fraction of sp³-hybridized carbons (Fsp3) is 0.105. The van der Waals surface area contributed by atoms with Gasteiger partial charge < -0.3 is 9.73 Å². The first-order chi connectivity index (χ1) is 12.1. The highest BCUT2D eigenvalue weighted by Crippen LogP contribution is 2.10. The number of hydrogen-bond acceptors (Lipinski definition) is 4. The van der Waals surface area contributed by atoms with Gasteiger partial charge in [0.15, 0.2) is 5.69 Å². The van der Waals surface area contributed by atoms with Gasteiger partial charge in [-0.2, -0.15) is 4.98 Å². The summed E-state index contributed by atoms with van der Waals surface area (Å²) in [6, 6.07) is 16.5. The van der Waals surface area contributed by atoms with E-state index >= 15 is 0 Å². The van der Waals surface area contributed by atoms with Gasteiger partial charge in [-0.25, -0.2) is 0 Å². The summed E-state index contributed by atoms with van der Waals surface area (Å²) >= 11 is 0. The molecule has 0 atom stereocenters. The molecule has 0 fully saturated rings. The summed E-state index contributed by atoms with van der Waals surface area (Å²) in [6.45, 7) is 2.39. The smallest absolute Gasteiger partial charge is 0.302 e. The molecule has 3 aromatic rings. The molecule has 1 heterocycles. The molecule has 0 saturated heterocycles. The first kappa shape index (κ1) is 16.4. The Balaban J connectivity index is 1.58. The van der Waals surface area contributed by atoms with E-state index in [2.05, 4.69) is 15.6 Å². The van der Waals surface area contributed by atoms with Crippen molar-refractivity contribution >= 4 is 17.8 Å². The molecule has 0 unspecified atom stereocenters. The van der Waals surface area contributed by atoms with Gasteiger partial charge in [0.05, 0.1) is 0 Å². The molecule has 6 heteroatoms. The maximum atomic E-state index is 12.1. The molecule has 1 aromatic heterocycles. The highest BCUT2D eigenvalue weighted by atomic mass is 16.4. The number of aromatic nitrogens is 1. The number of carbonyl (C=O) groups is 2. The van der Waals surface area contributed by atoms with Crippen LogP contribution in [0.15, 0.2) is 65.3 Å². The van der Waals surface area contributed by atoms with Crippen LogP contribution in [0.3, 0.4) is 0 Å². The molecule has 2 amide bonds. The number of amides is 2. The maximum absolute atomic E-state index is 12.1. The second-order valence-electron chi connectivity index (χ2n) is 5.53. The summed E-state index contributed by atoms with van der Waals surface area (Å²) in [4.78, 5) is 28.1. The monoisotopic (exact) mass is 335 g/mol. The summed E-state index contributed by atoms with van der Waals surface area (Å²) in [5.74, 6) is -0.724. The lowest BCUT2D eigenvalue weighted by Crippen LogP contribution is -2.23. The van der Waals surface area contributed by atoms with Crippen LogP contribution in [-0.4, -0.2) is 16.8 Å². The Kier molecular flexibility index (Phi) is 4.89. The Labute approximate surface area is 144 Å². The highest BCUT2D eigenvalue weighted by molar-refractivity contribution is 6.03. The van der Waals surface area contributed by atoms with E-state index in [0.29, 0.717) is 12.1 Å². The summed E-state index contributed by atoms with van der Waals surface area (Å²) in [5.41, 5.74) is 2.73. The lowest BCUT2D eigenvalue weighted by molar-refractivity contribution is 0.0944. The van der Waals surface area contributed by atoms with Crippen molar-refractivity contribution in [2.24, 2.45) is 0 Å². The van der Waals surface area contributed by atoms with Crippen LogP contribution in [0.1, 0.15) is 32.0 Å². The van der Waals surface area contributed by atoms with Crippen molar-refractivity contribution < 1.29 is 14.0 Å². The molecule has 3 rings (SSSR count). The third kappa shape index (κ3) is 4.32. The molecule has 6 nitrogen and oxygen atoms in total. The number of nitrogens with zero attached hydrogens (tertiary/aromatic N) is 1. The van der Waals surface area contributed by atoms with Gasteiger partial charge in [-0.3, -0.25) is 14.9 Å². The summed E-state index contributed by atoms with van der Waals surface area (Å²) < 4.78 is 5.14. The van der Waals surface area contributed by atoms with Crippen molar-refractivity contribution in [3.63, 3.8) is 0 Å². The predicted molar refractivity (Wildman–Crippen MR) is 93.2 cm³/mol. The Morgan fingerprint density at radius 1 is 1.00 bits per heavy atom. The Morgan fingerprint density at radius 2 is 1.72 bits per heavy atom. The molecule has 0 saturated carbocycles. The van der Waals surface area contributed by atoms with Crippen LogP contribution < -0.4 is 10.6 Å². The number of anilines is 1. The van der Waals surface area contributed by atoms with Crippen molar-refractivity contribution in [1.29, 1.82) is 0 Å². The van der Waals surface area contributed by atoms with E-state index in [4.69, 9.17) is 4.42 Å². The average Bonchev–Trinajstić information content (AvgIpc) is 3.10. The van der Waals surface area contributed by atoms with Gasteiger partial charge >= 0.3 is 6.01 Å². The van der Waals surface area contributed by atoms with Crippen molar-refractivity contribution in [2.75, 3.05) is 5.32 Å². The van der Waals surface area contributed by atoms with E-state index < -0.39 is 0 Å². The second-order valence-corrected chi connectivity index (χ2v) is 5.53. The van der Waals surface area contributed by atoms with E-state index in [1.54, 1.807) is 24.3 Å². The Morgan fingerprint density at radius 3 is 2.44 bits per heavy atom. The quantitative estimate of drug-likeness (QED) is 0.750. The molecule has 25 heavy (non-hydrogen) atoms. The Hall–Kier alpha value is -3.41. The SMILES string of the molecule is Cc1ccc(CNC(=O)c2coc(NC(=O)c3ccccc3)n2)cc1. The molecule has 0 bridgehead atoms. The van der Waals surface area contributed by atoms with Gasteiger partial charge in [0.1, 0.15) is 6.26 Å². The number of benzene rings is 2. The molecule has 0 radical (unpaired) electrons. The fourth-order valence-corrected chi connectivity index (χ4v) is 2.17. The number of rotatable bonds is 5. The molecule has 2 aromatic carbocycles. The molecule has 0 aliphatic rings. The highest BCUT2D eigenvalue weighted by Gasteiger charge is 2.14. The minimum Gasteiger partial charge on any atom is -0.431 e. The molecule has 126 valence electrons. The lowest BCUT2D eigenvalue weighted by Gasteiger charge is -2.03. The molecular weight excluding hydrogens is 318 g/mol. The zero-order chi connectivity index (χ0) is 17.6. The van der Waals surface area contributed by atoms with Crippen LogP contribution in [0.25, 0.3) is 0 Å². The third-order valence-corrected chi connectivity index (χ3v) is 3.57. The number of carbonyl (C=O) groups excluding carboxylic acids is 2. The number of hydrogen-bond donors (Lipinski definition) is 2. The van der Waals surface area contributed by atoms with Crippen LogP contribution in [0.2, 0.25) is 0 Å². The van der Waals surface area contributed by atoms with Crippen LogP contribution in [0.4, 0.5) is 6.01 Å². The van der Waals surface area contributed by atoms with Crippen molar-refractivity contribution in [3.05, 3.63) is 83.2 Å². The van der Waals surface area contributed by atoms with Crippen LogP contribution in [-0.2, 0) is 6.54 Å². The summed E-state index contributed by atoms with van der Waals surface area (Å²) in [6.07, 6.45) is 1.21. The van der Waals surface area contributed by atoms with Crippen molar-refractivity contribution in [1.82, 2.24) is 10.3 Å². The lowest BCUT2D eigenvalue weighted by atomic mass is 10.1. The fourth-order valence-electron chi connectivity index (χ4n) is 2.17. The van der Waals surface area contributed by atoms with Gasteiger partial charge in [0, 0.05) is 12.1 Å². The van der Waals surface area contributed by atoms with E-state index in [1.165, 1.54) is 6.26 Å². The van der Waals surface area contributed by atoms with E-state index in [0.717, 1.165) is 11.1 Å². The van der Waals surface area contributed by atoms with E-state index in [1.807, 2.05) is 37.3 Å². The second kappa shape index (κ2) is 7.44. The van der Waals surface area contributed by atoms with Gasteiger partial charge in [-0.1, -0.05) is 48.0 Å². The number of oxazole rings is 1. The topological polar surface area (TPSA) is 84.2 Å². The van der Waals surface area contributed by atoms with Gasteiger partial charge in [-0.15, -0.1) is 0 Å². The largest absolute Gasteiger partial charge is 0.431 e. The molecule has 0 aliphatic carbocycles. The van der Waals surface area contributed by atoms with E-state index in [-0.39, 0.29) is 23.5 Å². The van der Waals surface area contributed by atoms with E-state index in [9.17, 15) is 9.59 Å². The van der Waals surface area contributed by atoms with Crippen LogP contribution in [0.5, 0.6) is 0 Å². The summed E-state index contributed by atoms with van der Waals surface area (Å²) in [7, 11) is 0. The average molecular weight is 335 g/mol. The molecule has 0 spiro atoms.